The van der Waals surface area contributed by atoms with Crippen molar-refractivity contribution >= 4 is 29.9 Å². The van der Waals surface area contributed by atoms with E-state index in [9.17, 15) is 0 Å². The summed E-state index contributed by atoms with van der Waals surface area (Å²) >= 11 is 0. The molecule has 2 rings (SSSR count). The molecule has 1 aromatic rings. The van der Waals surface area contributed by atoms with E-state index in [0.717, 1.165) is 50.8 Å². The Morgan fingerprint density at radius 1 is 1.23 bits per heavy atom. The van der Waals surface area contributed by atoms with Crippen molar-refractivity contribution in [3.8, 4) is 5.75 Å². The third-order valence-corrected chi connectivity index (χ3v) is 4.92. The quantitative estimate of drug-likeness (QED) is 0.388. The third kappa shape index (κ3) is 6.30. The van der Waals surface area contributed by atoms with Gasteiger partial charge in [-0.3, -0.25) is 4.99 Å². The molecule has 1 saturated heterocycles. The highest BCUT2D eigenvalue weighted by molar-refractivity contribution is 14.0. The first-order chi connectivity index (χ1) is 12.0. The van der Waals surface area contributed by atoms with Gasteiger partial charge >= 0.3 is 0 Å². The first-order valence-electron chi connectivity index (χ1n) is 9.22. The van der Waals surface area contributed by atoms with Crippen LogP contribution < -0.4 is 10.1 Å². The van der Waals surface area contributed by atoms with Crippen LogP contribution in [0.5, 0.6) is 5.75 Å². The monoisotopic (exact) mass is 475 g/mol. The van der Waals surface area contributed by atoms with Crippen LogP contribution in [0.4, 0.5) is 0 Å². The summed E-state index contributed by atoms with van der Waals surface area (Å²) in [5.74, 6) is 1.87. The number of hydrogen-bond acceptors (Lipinski definition) is 3. The van der Waals surface area contributed by atoms with Crippen molar-refractivity contribution in [3.63, 3.8) is 0 Å². The highest BCUT2D eigenvalue weighted by Gasteiger charge is 2.25. The molecule has 0 aliphatic carbocycles. The highest BCUT2D eigenvalue weighted by atomic mass is 127. The predicted molar refractivity (Wildman–Crippen MR) is 119 cm³/mol. The topological polar surface area (TPSA) is 46.1 Å². The summed E-state index contributed by atoms with van der Waals surface area (Å²) < 4.78 is 11.0. The molecular formula is C20H34IN3O2. The van der Waals surface area contributed by atoms with Crippen LogP contribution in [-0.4, -0.2) is 57.4 Å². The maximum atomic E-state index is 5.74. The number of likely N-dealkylation sites (tertiary alicyclic amines) is 1. The Labute approximate surface area is 175 Å². The molecule has 0 saturated carbocycles. The van der Waals surface area contributed by atoms with E-state index in [-0.39, 0.29) is 29.4 Å². The molecule has 0 atom stereocenters. The van der Waals surface area contributed by atoms with E-state index in [0.29, 0.717) is 6.10 Å². The van der Waals surface area contributed by atoms with E-state index < -0.39 is 0 Å². The average molecular weight is 475 g/mol. The largest absolute Gasteiger partial charge is 0.497 e. The second-order valence-corrected chi connectivity index (χ2v) is 7.15. The molecule has 0 radical (unpaired) electrons. The summed E-state index contributed by atoms with van der Waals surface area (Å²) in [5, 5.41) is 3.56. The lowest BCUT2D eigenvalue weighted by atomic mass is 9.84. The summed E-state index contributed by atoms with van der Waals surface area (Å²) in [6.45, 7) is 10.2. The number of rotatable bonds is 6. The van der Waals surface area contributed by atoms with E-state index in [4.69, 9.17) is 9.47 Å². The number of halogens is 1. The Hall–Kier alpha value is -1.02. The Balaban J connectivity index is 0.00000338. The number of nitrogens with zero attached hydrogens (tertiary/aromatic N) is 2. The van der Waals surface area contributed by atoms with Crippen molar-refractivity contribution in [2.75, 3.05) is 40.4 Å². The van der Waals surface area contributed by atoms with Gasteiger partial charge in [-0.2, -0.15) is 0 Å². The summed E-state index contributed by atoms with van der Waals surface area (Å²) in [5.41, 5.74) is 1.29. The zero-order valence-corrected chi connectivity index (χ0v) is 19.1. The van der Waals surface area contributed by atoms with Crippen LogP contribution in [0, 0.1) is 0 Å². The maximum Gasteiger partial charge on any atom is 0.193 e. The number of benzene rings is 1. The van der Waals surface area contributed by atoms with Crippen LogP contribution in [0.1, 0.15) is 39.2 Å². The standard InChI is InChI=1S/C20H33N3O2.HI/c1-6-25-18-11-13-23(14-12-18)19(21-4)22-15-20(2,3)16-7-9-17(24-5)10-8-16;/h7-10,18H,6,11-15H2,1-5H3,(H,21,22);1H. The van der Waals surface area contributed by atoms with Gasteiger partial charge in [-0.1, -0.05) is 26.0 Å². The fourth-order valence-electron chi connectivity index (χ4n) is 3.25. The first-order valence-corrected chi connectivity index (χ1v) is 9.22. The maximum absolute atomic E-state index is 5.74. The van der Waals surface area contributed by atoms with E-state index in [1.54, 1.807) is 7.11 Å². The van der Waals surface area contributed by atoms with Gasteiger partial charge < -0.3 is 19.7 Å². The summed E-state index contributed by atoms with van der Waals surface area (Å²) in [7, 11) is 3.55. The molecule has 0 bridgehead atoms. The minimum absolute atomic E-state index is 0. The van der Waals surface area contributed by atoms with Crippen molar-refractivity contribution in [2.45, 2.75) is 45.1 Å². The molecule has 1 N–H and O–H groups in total. The molecule has 0 amide bonds. The zero-order valence-electron chi connectivity index (χ0n) is 16.7. The normalized spacial score (nSPS) is 16.2. The van der Waals surface area contributed by atoms with Crippen molar-refractivity contribution in [1.82, 2.24) is 10.2 Å². The van der Waals surface area contributed by atoms with Gasteiger partial charge in [-0.15, -0.1) is 24.0 Å². The van der Waals surface area contributed by atoms with Gasteiger partial charge in [0.1, 0.15) is 5.75 Å². The minimum Gasteiger partial charge on any atom is -0.497 e. The predicted octanol–water partition coefficient (Wildman–Crippen LogP) is 3.67. The highest BCUT2D eigenvalue weighted by Crippen LogP contribution is 2.24. The van der Waals surface area contributed by atoms with E-state index in [1.807, 2.05) is 19.2 Å². The van der Waals surface area contributed by atoms with Crippen LogP contribution in [0.3, 0.4) is 0 Å². The number of hydrogen-bond donors (Lipinski definition) is 1. The van der Waals surface area contributed by atoms with Gasteiger partial charge in [0.05, 0.1) is 13.2 Å². The Morgan fingerprint density at radius 3 is 2.35 bits per heavy atom. The molecule has 1 aliphatic heterocycles. The number of piperidine rings is 1. The van der Waals surface area contributed by atoms with E-state index >= 15 is 0 Å². The van der Waals surface area contributed by atoms with Crippen molar-refractivity contribution in [3.05, 3.63) is 29.8 Å². The fourth-order valence-corrected chi connectivity index (χ4v) is 3.25. The number of nitrogens with one attached hydrogen (secondary N) is 1. The first kappa shape index (κ1) is 23.0. The van der Waals surface area contributed by atoms with Crippen LogP contribution >= 0.6 is 24.0 Å². The van der Waals surface area contributed by atoms with Crippen LogP contribution in [0.2, 0.25) is 0 Å². The van der Waals surface area contributed by atoms with Gasteiger partial charge in [0.25, 0.3) is 0 Å². The number of guanidine groups is 1. The van der Waals surface area contributed by atoms with Gasteiger partial charge in [0, 0.05) is 38.7 Å². The smallest absolute Gasteiger partial charge is 0.193 e. The fraction of sp³-hybridized carbons (Fsp3) is 0.650. The molecule has 5 nitrogen and oxygen atoms in total. The number of methoxy groups -OCH3 is 1. The molecule has 1 fully saturated rings. The summed E-state index contributed by atoms with van der Waals surface area (Å²) in [6, 6.07) is 8.31. The van der Waals surface area contributed by atoms with Crippen molar-refractivity contribution in [2.24, 2.45) is 4.99 Å². The van der Waals surface area contributed by atoms with Gasteiger partial charge in [0.15, 0.2) is 5.96 Å². The summed E-state index contributed by atoms with van der Waals surface area (Å²) in [6.07, 6.45) is 2.53. The molecule has 148 valence electrons. The molecule has 0 aromatic heterocycles. The molecule has 1 heterocycles. The number of aliphatic imine (C=N–C) groups is 1. The SMILES string of the molecule is CCOC1CCN(C(=NC)NCC(C)(C)c2ccc(OC)cc2)CC1.I. The average Bonchev–Trinajstić information content (AvgIpc) is 2.64. The molecule has 1 aliphatic rings. The molecular weight excluding hydrogens is 441 g/mol. The van der Waals surface area contributed by atoms with E-state index in [1.165, 1.54) is 5.56 Å². The second kappa shape index (κ2) is 11.0. The van der Waals surface area contributed by atoms with Crippen LogP contribution in [0.15, 0.2) is 29.3 Å². The van der Waals surface area contributed by atoms with Gasteiger partial charge in [0.2, 0.25) is 0 Å². The summed E-state index contributed by atoms with van der Waals surface area (Å²) in [4.78, 5) is 6.81. The second-order valence-electron chi connectivity index (χ2n) is 7.15. The molecule has 1 aromatic carbocycles. The number of ether oxygens (including phenoxy) is 2. The van der Waals surface area contributed by atoms with Gasteiger partial charge in [-0.05, 0) is 37.5 Å². The molecule has 26 heavy (non-hydrogen) atoms. The third-order valence-electron chi connectivity index (χ3n) is 4.92. The lowest BCUT2D eigenvalue weighted by molar-refractivity contribution is 0.0263. The molecule has 0 unspecified atom stereocenters. The molecule has 0 spiro atoms. The lowest BCUT2D eigenvalue weighted by Crippen LogP contribution is -2.49. The van der Waals surface area contributed by atoms with Crippen LogP contribution in [0.25, 0.3) is 0 Å². The Bertz CT molecular complexity index is 553. The Kier molecular flexibility index (Phi) is 9.71. The van der Waals surface area contributed by atoms with Crippen molar-refractivity contribution in [1.29, 1.82) is 0 Å². The lowest BCUT2D eigenvalue weighted by Gasteiger charge is -2.35. The molecule has 6 heteroatoms. The Morgan fingerprint density at radius 2 is 1.85 bits per heavy atom. The van der Waals surface area contributed by atoms with Crippen LogP contribution in [-0.2, 0) is 10.2 Å². The zero-order chi connectivity index (χ0) is 18.3. The van der Waals surface area contributed by atoms with Crippen molar-refractivity contribution < 1.29 is 9.47 Å². The van der Waals surface area contributed by atoms with Gasteiger partial charge in [-0.25, -0.2) is 0 Å². The van der Waals surface area contributed by atoms with E-state index in [2.05, 4.69) is 48.1 Å². The minimum atomic E-state index is 0.